The van der Waals surface area contributed by atoms with Gasteiger partial charge < -0.3 is 14.8 Å². The van der Waals surface area contributed by atoms with Crippen LogP contribution in [0.5, 0.6) is 11.5 Å². The molecule has 3 aromatic rings. The summed E-state index contributed by atoms with van der Waals surface area (Å²) in [6.45, 7) is 1.60. The average molecular weight is 444 g/mol. The SMILES string of the molecule is COc1cccc(OC(C)C(=O)Nc2ccc(S(=O)(=O)Nc3ccc(F)cc3)cc2)c1. The van der Waals surface area contributed by atoms with Crippen LogP contribution in [0.2, 0.25) is 0 Å². The van der Waals surface area contributed by atoms with Crippen molar-refractivity contribution < 1.29 is 27.1 Å². The highest BCUT2D eigenvalue weighted by molar-refractivity contribution is 7.92. The van der Waals surface area contributed by atoms with E-state index in [1.807, 2.05) is 0 Å². The van der Waals surface area contributed by atoms with Gasteiger partial charge in [-0.15, -0.1) is 0 Å². The molecule has 7 nitrogen and oxygen atoms in total. The highest BCUT2D eigenvalue weighted by atomic mass is 32.2. The number of hydrogen-bond acceptors (Lipinski definition) is 5. The zero-order chi connectivity index (χ0) is 22.4. The second-order valence-electron chi connectivity index (χ2n) is 6.57. The van der Waals surface area contributed by atoms with Crippen molar-refractivity contribution in [2.45, 2.75) is 17.9 Å². The highest BCUT2D eigenvalue weighted by Gasteiger charge is 2.17. The molecule has 0 saturated heterocycles. The Balaban J connectivity index is 1.62. The molecule has 0 bridgehead atoms. The van der Waals surface area contributed by atoms with Gasteiger partial charge in [0, 0.05) is 17.4 Å². The van der Waals surface area contributed by atoms with Gasteiger partial charge in [0.05, 0.1) is 12.0 Å². The molecule has 0 aliphatic heterocycles. The van der Waals surface area contributed by atoms with Crippen LogP contribution in [0.1, 0.15) is 6.92 Å². The van der Waals surface area contributed by atoms with Crippen LogP contribution in [0, 0.1) is 5.82 Å². The Bertz CT molecular complexity index is 1150. The van der Waals surface area contributed by atoms with E-state index in [0.717, 1.165) is 12.1 Å². The number of carbonyl (C=O) groups is 1. The van der Waals surface area contributed by atoms with Gasteiger partial charge in [-0.1, -0.05) is 6.07 Å². The van der Waals surface area contributed by atoms with E-state index >= 15 is 0 Å². The lowest BCUT2D eigenvalue weighted by atomic mass is 10.3. The molecule has 0 saturated carbocycles. The van der Waals surface area contributed by atoms with Crippen LogP contribution in [0.3, 0.4) is 0 Å². The third-order valence-corrected chi connectivity index (χ3v) is 5.65. The number of ether oxygens (including phenoxy) is 2. The number of rotatable bonds is 8. The van der Waals surface area contributed by atoms with E-state index in [0.29, 0.717) is 17.2 Å². The van der Waals surface area contributed by atoms with Crippen molar-refractivity contribution in [1.29, 1.82) is 0 Å². The maximum atomic E-state index is 13.0. The van der Waals surface area contributed by atoms with Gasteiger partial charge in [0.1, 0.15) is 17.3 Å². The van der Waals surface area contributed by atoms with Gasteiger partial charge in [0.25, 0.3) is 15.9 Å². The van der Waals surface area contributed by atoms with Gasteiger partial charge in [0.2, 0.25) is 0 Å². The summed E-state index contributed by atoms with van der Waals surface area (Å²) >= 11 is 0. The Morgan fingerprint density at radius 2 is 1.55 bits per heavy atom. The molecule has 3 aromatic carbocycles. The molecule has 1 unspecified atom stereocenters. The molecule has 1 atom stereocenters. The second-order valence-corrected chi connectivity index (χ2v) is 8.25. The molecular weight excluding hydrogens is 423 g/mol. The molecule has 0 heterocycles. The number of nitrogens with one attached hydrogen (secondary N) is 2. The van der Waals surface area contributed by atoms with E-state index in [2.05, 4.69) is 10.0 Å². The van der Waals surface area contributed by atoms with E-state index < -0.39 is 27.9 Å². The maximum Gasteiger partial charge on any atom is 0.265 e. The van der Waals surface area contributed by atoms with Crippen molar-refractivity contribution in [2.24, 2.45) is 0 Å². The molecule has 0 fully saturated rings. The first-order valence-corrected chi connectivity index (χ1v) is 10.8. The van der Waals surface area contributed by atoms with Crippen molar-refractivity contribution in [3.8, 4) is 11.5 Å². The summed E-state index contributed by atoms with van der Waals surface area (Å²) in [5.41, 5.74) is 0.647. The van der Waals surface area contributed by atoms with Crippen molar-refractivity contribution in [2.75, 3.05) is 17.1 Å². The summed E-state index contributed by atoms with van der Waals surface area (Å²) < 4.78 is 51.0. The molecule has 162 valence electrons. The minimum Gasteiger partial charge on any atom is -0.497 e. The molecule has 0 aromatic heterocycles. The average Bonchev–Trinajstić information content (AvgIpc) is 2.75. The normalized spacial score (nSPS) is 12.0. The van der Waals surface area contributed by atoms with Gasteiger partial charge in [-0.05, 0) is 67.6 Å². The van der Waals surface area contributed by atoms with Crippen LogP contribution >= 0.6 is 0 Å². The first kappa shape index (κ1) is 22.1. The van der Waals surface area contributed by atoms with Gasteiger partial charge in [-0.2, -0.15) is 0 Å². The molecule has 31 heavy (non-hydrogen) atoms. The third-order valence-electron chi connectivity index (χ3n) is 4.25. The number of amides is 1. The molecule has 0 aliphatic rings. The highest BCUT2D eigenvalue weighted by Crippen LogP contribution is 2.21. The Labute approximate surface area is 179 Å². The minimum atomic E-state index is -3.86. The molecule has 3 rings (SSSR count). The fourth-order valence-electron chi connectivity index (χ4n) is 2.63. The van der Waals surface area contributed by atoms with E-state index in [9.17, 15) is 17.6 Å². The number of sulfonamides is 1. The van der Waals surface area contributed by atoms with Gasteiger partial charge >= 0.3 is 0 Å². The molecule has 0 aliphatic carbocycles. The summed E-state index contributed by atoms with van der Waals surface area (Å²) in [5.74, 6) is 0.224. The summed E-state index contributed by atoms with van der Waals surface area (Å²) in [6.07, 6.45) is -0.796. The van der Waals surface area contributed by atoms with E-state index in [1.54, 1.807) is 31.2 Å². The number of halogens is 1. The lowest BCUT2D eigenvalue weighted by Crippen LogP contribution is -2.30. The topological polar surface area (TPSA) is 93.7 Å². The van der Waals surface area contributed by atoms with Crippen LogP contribution in [0.25, 0.3) is 0 Å². The number of hydrogen-bond donors (Lipinski definition) is 2. The summed E-state index contributed by atoms with van der Waals surface area (Å²) in [7, 11) is -2.32. The first-order chi connectivity index (χ1) is 14.8. The predicted molar refractivity (Wildman–Crippen MR) is 115 cm³/mol. The summed E-state index contributed by atoms with van der Waals surface area (Å²) in [4.78, 5) is 12.4. The van der Waals surface area contributed by atoms with Gasteiger partial charge in [-0.3, -0.25) is 9.52 Å². The van der Waals surface area contributed by atoms with E-state index in [4.69, 9.17) is 9.47 Å². The number of carbonyl (C=O) groups excluding carboxylic acids is 1. The summed E-state index contributed by atoms with van der Waals surface area (Å²) in [6, 6.07) is 17.5. The minimum absolute atomic E-state index is 0.00416. The lowest BCUT2D eigenvalue weighted by molar-refractivity contribution is -0.122. The smallest absolute Gasteiger partial charge is 0.265 e. The lowest BCUT2D eigenvalue weighted by Gasteiger charge is -2.15. The molecule has 0 radical (unpaired) electrons. The first-order valence-electron chi connectivity index (χ1n) is 9.27. The maximum absolute atomic E-state index is 13.0. The molecule has 2 N–H and O–H groups in total. The predicted octanol–water partition coefficient (Wildman–Crippen LogP) is 4.04. The van der Waals surface area contributed by atoms with Crippen molar-refractivity contribution in [3.05, 3.63) is 78.6 Å². The Kier molecular flexibility index (Phi) is 6.76. The standard InChI is InChI=1S/C22H21FN2O5S/c1-15(30-20-5-3-4-19(14-20)29-2)22(26)24-17-10-12-21(13-11-17)31(27,28)25-18-8-6-16(23)7-9-18/h3-15,25H,1-2H3,(H,24,26). The molecule has 9 heteroatoms. The Morgan fingerprint density at radius 1 is 0.935 bits per heavy atom. The van der Waals surface area contributed by atoms with Crippen molar-refractivity contribution in [1.82, 2.24) is 0 Å². The van der Waals surface area contributed by atoms with Crippen LogP contribution in [-0.4, -0.2) is 27.5 Å². The largest absolute Gasteiger partial charge is 0.497 e. The van der Waals surface area contributed by atoms with Gasteiger partial charge in [0.15, 0.2) is 6.10 Å². The zero-order valence-corrected chi connectivity index (χ0v) is 17.6. The molecular formula is C22H21FN2O5S. The molecule has 0 spiro atoms. The second kappa shape index (κ2) is 9.48. The van der Waals surface area contributed by atoms with Crippen molar-refractivity contribution in [3.63, 3.8) is 0 Å². The van der Waals surface area contributed by atoms with E-state index in [1.165, 1.54) is 43.5 Å². The fraction of sp³-hybridized carbons (Fsp3) is 0.136. The van der Waals surface area contributed by atoms with Crippen LogP contribution in [0.4, 0.5) is 15.8 Å². The number of benzene rings is 3. The van der Waals surface area contributed by atoms with E-state index in [-0.39, 0.29) is 10.6 Å². The van der Waals surface area contributed by atoms with Crippen LogP contribution in [-0.2, 0) is 14.8 Å². The molecule has 1 amide bonds. The number of methoxy groups -OCH3 is 1. The summed E-state index contributed by atoms with van der Waals surface area (Å²) in [5, 5.41) is 2.67. The monoisotopic (exact) mass is 444 g/mol. The fourth-order valence-corrected chi connectivity index (χ4v) is 3.68. The Hall–Kier alpha value is -3.59. The Morgan fingerprint density at radius 3 is 2.19 bits per heavy atom. The van der Waals surface area contributed by atoms with Crippen LogP contribution in [0.15, 0.2) is 77.7 Å². The third kappa shape index (κ3) is 5.95. The van der Waals surface area contributed by atoms with Gasteiger partial charge in [-0.25, -0.2) is 12.8 Å². The zero-order valence-electron chi connectivity index (χ0n) is 16.8. The number of anilines is 2. The quantitative estimate of drug-likeness (QED) is 0.547. The van der Waals surface area contributed by atoms with Crippen molar-refractivity contribution >= 4 is 27.3 Å². The van der Waals surface area contributed by atoms with Crippen LogP contribution < -0.4 is 19.5 Å².